The fourth-order valence-corrected chi connectivity index (χ4v) is 4.68. The number of carbonyl (C=O) groups excluding carboxylic acids is 1. The standard InChI is InChI=1S/C26H30ClN5O2/c1-2-21(19-9-6-10-20(27)15-19)26(34)32-13-11-18(12-14-32)23-30-24(22(28)25(33)31-23)29-16-17-7-4-3-5-8-17/h3-10,15,18,21H,2,11-14,16,28H2,1H3,(H2,29,30,31,33). The van der Waals surface area contributed by atoms with Gasteiger partial charge in [0.25, 0.3) is 5.56 Å². The van der Waals surface area contributed by atoms with Crippen molar-refractivity contribution in [2.75, 3.05) is 24.1 Å². The Morgan fingerprint density at radius 2 is 1.94 bits per heavy atom. The van der Waals surface area contributed by atoms with E-state index in [2.05, 4.69) is 15.3 Å². The van der Waals surface area contributed by atoms with Crippen molar-refractivity contribution in [3.8, 4) is 0 Å². The molecule has 1 amide bonds. The Labute approximate surface area is 204 Å². The first-order chi connectivity index (χ1) is 16.5. The van der Waals surface area contributed by atoms with E-state index in [0.29, 0.717) is 42.7 Å². The number of carbonyl (C=O) groups is 1. The lowest BCUT2D eigenvalue weighted by molar-refractivity contribution is -0.134. The second-order valence-corrected chi connectivity index (χ2v) is 9.10. The average Bonchev–Trinajstić information content (AvgIpc) is 2.86. The minimum Gasteiger partial charge on any atom is -0.391 e. The molecule has 1 saturated heterocycles. The van der Waals surface area contributed by atoms with E-state index in [1.54, 1.807) is 0 Å². The van der Waals surface area contributed by atoms with Crippen molar-refractivity contribution in [3.63, 3.8) is 0 Å². The van der Waals surface area contributed by atoms with Gasteiger partial charge in [-0.3, -0.25) is 9.59 Å². The third-order valence-electron chi connectivity index (χ3n) is 6.43. The third-order valence-corrected chi connectivity index (χ3v) is 6.66. The summed E-state index contributed by atoms with van der Waals surface area (Å²) in [6.45, 7) is 3.77. The molecule has 34 heavy (non-hydrogen) atoms. The summed E-state index contributed by atoms with van der Waals surface area (Å²) in [7, 11) is 0. The summed E-state index contributed by atoms with van der Waals surface area (Å²) in [5.74, 6) is 0.975. The number of anilines is 2. The molecule has 1 atom stereocenters. The molecule has 2 aromatic carbocycles. The second-order valence-electron chi connectivity index (χ2n) is 8.67. The van der Waals surface area contributed by atoms with Crippen molar-refractivity contribution in [2.45, 2.75) is 44.6 Å². The van der Waals surface area contributed by atoms with Crippen molar-refractivity contribution in [1.82, 2.24) is 14.9 Å². The van der Waals surface area contributed by atoms with E-state index in [1.807, 2.05) is 66.4 Å². The number of rotatable bonds is 7. The Kier molecular flexibility index (Phi) is 7.53. The molecule has 1 fully saturated rings. The quantitative estimate of drug-likeness (QED) is 0.462. The van der Waals surface area contributed by atoms with Gasteiger partial charge in [-0.25, -0.2) is 4.98 Å². The van der Waals surface area contributed by atoms with E-state index in [9.17, 15) is 9.59 Å². The maximum absolute atomic E-state index is 13.2. The predicted molar refractivity (Wildman–Crippen MR) is 136 cm³/mol. The van der Waals surface area contributed by atoms with Crippen LogP contribution in [0.5, 0.6) is 0 Å². The first-order valence-electron chi connectivity index (χ1n) is 11.7. The molecular weight excluding hydrogens is 450 g/mol. The van der Waals surface area contributed by atoms with E-state index in [1.165, 1.54) is 0 Å². The highest BCUT2D eigenvalue weighted by Gasteiger charge is 2.30. The SMILES string of the molecule is CCC(C(=O)N1CCC(c2nc(NCc3ccccc3)c(N)c(=O)[nH]2)CC1)c1cccc(Cl)c1. The zero-order chi connectivity index (χ0) is 24.1. The first kappa shape index (κ1) is 23.8. The molecule has 178 valence electrons. The van der Waals surface area contributed by atoms with Crippen LogP contribution in [0.15, 0.2) is 59.4 Å². The van der Waals surface area contributed by atoms with Crippen LogP contribution in [0, 0.1) is 0 Å². The van der Waals surface area contributed by atoms with Gasteiger partial charge in [-0.05, 0) is 42.5 Å². The molecule has 0 radical (unpaired) electrons. The zero-order valence-electron chi connectivity index (χ0n) is 19.3. The highest BCUT2D eigenvalue weighted by atomic mass is 35.5. The van der Waals surface area contributed by atoms with Crippen LogP contribution in [0.2, 0.25) is 5.02 Å². The van der Waals surface area contributed by atoms with Crippen LogP contribution in [0.3, 0.4) is 0 Å². The van der Waals surface area contributed by atoms with Gasteiger partial charge in [0.15, 0.2) is 5.82 Å². The molecular formula is C26H30ClN5O2. The van der Waals surface area contributed by atoms with E-state index in [0.717, 1.165) is 24.0 Å². The second kappa shape index (κ2) is 10.7. The van der Waals surface area contributed by atoms with Crippen molar-refractivity contribution < 1.29 is 4.79 Å². The summed E-state index contributed by atoms with van der Waals surface area (Å²) in [6, 6.07) is 17.4. The fraction of sp³-hybridized carbons (Fsp3) is 0.346. The molecule has 0 bridgehead atoms. The van der Waals surface area contributed by atoms with Gasteiger partial charge in [0, 0.05) is 30.6 Å². The number of amides is 1. The van der Waals surface area contributed by atoms with Gasteiger partial charge < -0.3 is 20.9 Å². The molecule has 0 spiro atoms. The van der Waals surface area contributed by atoms with Gasteiger partial charge in [0.2, 0.25) is 5.91 Å². The van der Waals surface area contributed by atoms with Crippen LogP contribution in [0.4, 0.5) is 11.5 Å². The molecule has 7 nitrogen and oxygen atoms in total. The Morgan fingerprint density at radius 1 is 1.21 bits per heavy atom. The molecule has 0 aliphatic carbocycles. The predicted octanol–water partition coefficient (Wildman–Crippen LogP) is 4.52. The van der Waals surface area contributed by atoms with E-state index < -0.39 is 0 Å². The number of nitrogens with zero attached hydrogens (tertiary/aromatic N) is 2. The molecule has 1 unspecified atom stereocenters. The topological polar surface area (TPSA) is 104 Å². The fourth-order valence-electron chi connectivity index (χ4n) is 4.48. The van der Waals surface area contributed by atoms with Gasteiger partial charge in [-0.2, -0.15) is 0 Å². The van der Waals surface area contributed by atoms with Crippen LogP contribution in [0.25, 0.3) is 0 Å². The van der Waals surface area contributed by atoms with Crippen LogP contribution in [-0.2, 0) is 11.3 Å². The number of likely N-dealkylation sites (tertiary alicyclic amines) is 1. The average molecular weight is 480 g/mol. The highest BCUT2D eigenvalue weighted by Crippen LogP contribution is 2.30. The highest BCUT2D eigenvalue weighted by molar-refractivity contribution is 6.30. The lowest BCUT2D eigenvalue weighted by Gasteiger charge is -2.34. The Balaban J connectivity index is 1.43. The molecule has 1 aliphatic heterocycles. The van der Waals surface area contributed by atoms with Gasteiger partial charge in [-0.1, -0.05) is 61.0 Å². The number of hydrogen-bond donors (Lipinski definition) is 3. The molecule has 4 N–H and O–H groups in total. The molecule has 2 heterocycles. The van der Waals surface area contributed by atoms with E-state index in [-0.39, 0.29) is 29.0 Å². The number of nitrogen functional groups attached to an aromatic ring is 1. The van der Waals surface area contributed by atoms with E-state index >= 15 is 0 Å². The van der Waals surface area contributed by atoms with Crippen molar-refractivity contribution in [1.29, 1.82) is 0 Å². The van der Waals surface area contributed by atoms with Gasteiger partial charge >= 0.3 is 0 Å². The molecule has 4 rings (SSSR count). The van der Waals surface area contributed by atoms with Gasteiger partial charge in [-0.15, -0.1) is 0 Å². The molecule has 1 aromatic heterocycles. The molecule has 3 aromatic rings. The van der Waals surface area contributed by atoms with Crippen LogP contribution >= 0.6 is 11.6 Å². The Bertz CT molecular complexity index is 1190. The normalized spacial score (nSPS) is 15.2. The first-order valence-corrected chi connectivity index (χ1v) is 12.1. The number of benzene rings is 2. The summed E-state index contributed by atoms with van der Waals surface area (Å²) in [4.78, 5) is 35.1. The van der Waals surface area contributed by atoms with Crippen molar-refractivity contribution >= 4 is 29.0 Å². The third kappa shape index (κ3) is 5.42. The lowest BCUT2D eigenvalue weighted by Crippen LogP contribution is -2.41. The number of nitrogens with one attached hydrogen (secondary N) is 2. The minimum absolute atomic E-state index is 0.0564. The summed E-state index contributed by atoms with van der Waals surface area (Å²) in [6.07, 6.45) is 2.16. The monoisotopic (exact) mass is 479 g/mol. The van der Waals surface area contributed by atoms with E-state index in [4.69, 9.17) is 17.3 Å². The summed E-state index contributed by atoms with van der Waals surface area (Å²) in [5, 5.41) is 3.83. The van der Waals surface area contributed by atoms with Crippen molar-refractivity contribution in [2.24, 2.45) is 0 Å². The molecule has 0 saturated carbocycles. The number of aromatic nitrogens is 2. The summed E-state index contributed by atoms with van der Waals surface area (Å²) < 4.78 is 0. The van der Waals surface area contributed by atoms with Crippen molar-refractivity contribution in [3.05, 3.63) is 86.9 Å². The molecule has 8 heteroatoms. The number of H-pyrrole nitrogens is 1. The Morgan fingerprint density at radius 3 is 2.62 bits per heavy atom. The summed E-state index contributed by atoms with van der Waals surface area (Å²) in [5.41, 5.74) is 7.75. The lowest BCUT2D eigenvalue weighted by atomic mass is 9.91. The minimum atomic E-state index is -0.342. The number of halogens is 1. The van der Waals surface area contributed by atoms with Crippen LogP contribution in [-0.4, -0.2) is 33.9 Å². The van der Waals surface area contributed by atoms with Crippen LogP contribution in [0.1, 0.15) is 55.0 Å². The zero-order valence-corrected chi connectivity index (χ0v) is 20.0. The smallest absolute Gasteiger partial charge is 0.276 e. The summed E-state index contributed by atoms with van der Waals surface area (Å²) >= 11 is 6.14. The van der Waals surface area contributed by atoms with Gasteiger partial charge in [0.05, 0.1) is 5.92 Å². The maximum Gasteiger partial charge on any atom is 0.276 e. The van der Waals surface area contributed by atoms with Gasteiger partial charge in [0.1, 0.15) is 11.5 Å². The molecule has 1 aliphatic rings. The Hall–Kier alpha value is -3.32. The maximum atomic E-state index is 13.2. The largest absolute Gasteiger partial charge is 0.391 e. The number of hydrogen-bond acceptors (Lipinski definition) is 5. The number of aromatic amines is 1. The van der Waals surface area contributed by atoms with Crippen LogP contribution < -0.4 is 16.6 Å². The number of nitrogens with two attached hydrogens (primary N) is 1. The number of piperidine rings is 1.